The summed E-state index contributed by atoms with van der Waals surface area (Å²) in [5.74, 6) is -0.252. The van der Waals surface area contributed by atoms with Gasteiger partial charge in [0.25, 0.3) is 0 Å². The van der Waals surface area contributed by atoms with Crippen LogP contribution in [0.2, 0.25) is 0 Å². The van der Waals surface area contributed by atoms with E-state index in [-0.39, 0.29) is 12.1 Å². The van der Waals surface area contributed by atoms with E-state index in [2.05, 4.69) is 34.4 Å². The lowest BCUT2D eigenvalue weighted by Gasteiger charge is -2.34. The number of fused-ring (bicyclic) bond motifs is 1. The van der Waals surface area contributed by atoms with Gasteiger partial charge >= 0.3 is 5.97 Å². The van der Waals surface area contributed by atoms with Crippen LogP contribution in [0, 0.1) is 0 Å². The van der Waals surface area contributed by atoms with Crippen molar-refractivity contribution in [2.24, 2.45) is 0 Å². The van der Waals surface area contributed by atoms with Gasteiger partial charge in [0.2, 0.25) is 0 Å². The zero-order valence-corrected chi connectivity index (χ0v) is 13.2. The third-order valence-electron chi connectivity index (χ3n) is 3.63. The molecule has 5 heteroatoms. The molecule has 0 aromatic heterocycles. The fourth-order valence-electron chi connectivity index (χ4n) is 2.45. The lowest BCUT2D eigenvalue weighted by Crippen LogP contribution is -2.42. The zero-order valence-electron chi connectivity index (χ0n) is 13.2. The zero-order chi connectivity index (χ0) is 15.1. The summed E-state index contributed by atoms with van der Waals surface area (Å²) in [7, 11) is 3.46. The highest BCUT2D eigenvalue weighted by atomic mass is 16.5. The minimum atomic E-state index is -0.252. The minimum absolute atomic E-state index is 0.199. The average molecular weight is 281 g/mol. The molecule has 5 nitrogen and oxygen atoms in total. The first-order valence-corrected chi connectivity index (χ1v) is 7.32. The normalized spacial score (nSPS) is 27.8. The monoisotopic (exact) mass is 281 g/mol. The van der Waals surface area contributed by atoms with E-state index in [1.807, 2.05) is 20.9 Å². The minimum Gasteiger partial charge on any atom is -0.466 e. The Morgan fingerprint density at radius 3 is 2.75 bits per heavy atom. The maximum atomic E-state index is 11.7. The maximum Gasteiger partial charge on any atom is 0.335 e. The predicted molar refractivity (Wildman–Crippen MR) is 80.7 cm³/mol. The van der Waals surface area contributed by atoms with Gasteiger partial charge in [-0.2, -0.15) is 0 Å². The quantitative estimate of drug-likeness (QED) is 0.744. The van der Waals surface area contributed by atoms with Crippen molar-refractivity contribution in [2.75, 3.05) is 20.7 Å². The summed E-state index contributed by atoms with van der Waals surface area (Å²) >= 11 is 0. The van der Waals surface area contributed by atoms with Crippen LogP contribution in [0.5, 0.6) is 0 Å². The Bertz CT molecular complexity index is 379. The van der Waals surface area contributed by atoms with Crippen molar-refractivity contribution in [1.82, 2.24) is 15.1 Å². The molecule has 0 saturated carbocycles. The Morgan fingerprint density at radius 1 is 1.40 bits per heavy atom. The largest absolute Gasteiger partial charge is 0.466 e. The van der Waals surface area contributed by atoms with Crippen LogP contribution in [0.4, 0.5) is 0 Å². The first kappa shape index (κ1) is 16.4. The first-order valence-electron chi connectivity index (χ1n) is 7.32. The first-order chi connectivity index (χ1) is 9.63. The summed E-state index contributed by atoms with van der Waals surface area (Å²) in [5, 5.41) is 3.19. The topological polar surface area (TPSA) is 44.8 Å². The molecule has 0 saturated heterocycles. The van der Waals surface area contributed by atoms with Crippen molar-refractivity contribution >= 4 is 5.97 Å². The Morgan fingerprint density at radius 2 is 2.10 bits per heavy atom. The molecule has 2 aliphatic rings. The van der Waals surface area contributed by atoms with Crippen molar-refractivity contribution in [3.05, 3.63) is 24.2 Å². The van der Waals surface area contributed by atoms with Gasteiger partial charge in [0.05, 0.1) is 12.7 Å². The van der Waals surface area contributed by atoms with Gasteiger partial charge in [0.15, 0.2) is 0 Å². The molecule has 1 N–H and O–H groups in total. The van der Waals surface area contributed by atoms with Crippen LogP contribution in [0.3, 0.4) is 0 Å². The lowest BCUT2D eigenvalue weighted by molar-refractivity contribution is -0.136. The van der Waals surface area contributed by atoms with Crippen LogP contribution in [-0.4, -0.2) is 48.7 Å². The number of hydrogen-bond acceptors (Lipinski definition) is 5. The van der Waals surface area contributed by atoms with Crippen LogP contribution in [0.25, 0.3) is 0 Å². The van der Waals surface area contributed by atoms with Crippen LogP contribution in [0.1, 0.15) is 33.6 Å². The lowest BCUT2D eigenvalue weighted by atomic mass is 10.1. The highest BCUT2D eigenvalue weighted by molar-refractivity contribution is 5.88. The second-order valence-electron chi connectivity index (χ2n) is 4.85. The Kier molecular flexibility index (Phi) is 6.42. The van der Waals surface area contributed by atoms with E-state index in [0.717, 1.165) is 13.0 Å². The van der Waals surface area contributed by atoms with E-state index in [0.29, 0.717) is 18.0 Å². The van der Waals surface area contributed by atoms with Gasteiger partial charge in [-0.25, -0.2) is 4.79 Å². The highest BCUT2D eigenvalue weighted by Gasteiger charge is 2.30. The molecule has 0 aromatic rings. The van der Waals surface area contributed by atoms with Crippen molar-refractivity contribution in [3.63, 3.8) is 0 Å². The molecule has 0 amide bonds. The van der Waals surface area contributed by atoms with Gasteiger partial charge in [-0.05, 0) is 13.3 Å². The summed E-state index contributed by atoms with van der Waals surface area (Å²) in [5.41, 5.74) is 0.692. The van der Waals surface area contributed by atoms with Crippen molar-refractivity contribution in [2.45, 2.75) is 45.8 Å². The number of carbonyl (C=O) groups excluding carboxylic acids is 1. The summed E-state index contributed by atoms with van der Waals surface area (Å²) in [6.45, 7) is 7.07. The Labute approximate surface area is 122 Å². The number of nitrogens with zero attached hydrogens (tertiary/aromatic N) is 2. The Hall–Kier alpha value is -1.65. The van der Waals surface area contributed by atoms with Crippen LogP contribution in [0.15, 0.2) is 24.2 Å². The number of rotatable bonds is 1. The van der Waals surface area contributed by atoms with Crippen molar-refractivity contribution in [3.8, 4) is 0 Å². The van der Waals surface area contributed by atoms with Crippen LogP contribution < -0.4 is 5.32 Å². The molecule has 2 atom stereocenters. The molecule has 2 rings (SSSR count). The average Bonchev–Trinajstić information content (AvgIpc) is 2.86. The highest BCUT2D eigenvalue weighted by Crippen LogP contribution is 2.25. The predicted octanol–water partition coefficient (Wildman–Crippen LogP) is 1.89. The van der Waals surface area contributed by atoms with Crippen LogP contribution >= 0.6 is 0 Å². The summed E-state index contributed by atoms with van der Waals surface area (Å²) in [6, 6.07) is 0.453. The molecule has 2 heterocycles. The van der Waals surface area contributed by atoms with Crippen molar-refractivity contribution < 1.29 is 9.53 Å². The van der Waals surface area contributed by atoms with Gasteiger partial charge in [-0.3, -0.25) is 0 Å². The molecular weight excluding hydrogens is 254 g/mol. The Balaban J connectivity index is 0.000000956. The molecule has 0 aromatic carbocycles. The number of nitrogens with one attached hydrogen (secondary N) is 1. The van der Waals surface area contributed by atoms with E-state index in [9.17, 15) is 4.79 Å². The molecule has 2 unspecified atom stereocenters. The second-order valence-corrected chi connectivity index (χ2v) is 4.85. The molecule has 2 aliphatic heterocycles. The van der Waals surface area contributed by atoms with Gasteiger partial charge in [-0.1, -0.05) is 13.8 Å². The van der Waals surface area contributed by atoms with Gasteiger partial charge in [0.1, 0.15) is 6.17 Å². The third-order valence-corrected chi connectivity index (χ3v) is 3.63. The second kappa shape index (κ2) is 7.82. The molecule has 0 aliphatic carbocycles. The van der Waals surface area contributed by atoms with E-state index < -0.39 is 0 Å². The molecule has 20 heavy (non-hydrogen) atoms. The number of carbonyl (C=O) groups is 1. The van der Waals surface area contributed by atoms with E-state index in [1.54, 1.807) is 6.20 Å². The molecule has 0 radical (unpaired) electrons. The molecule has 0 fully saturated rings. The summed E-state index contributed by atoms with van der Waals surface area (Å²) in [6.07, 6.45) is 7.87. The summed E-state index contributed by atoms with van der Waals surface area (Å²) in [4.78, 5) is 16.2. The SMILES string of the molecule is CC.COC(=O)/C1=C/NCCC(C)N2C=CN(C)C2C1. The fourth-order valence-corrected chi connectivity index (χ4v) is 2.45. The van der Waals surface area contributed by atoms with Gasteiger partial charge < -0.3 is 19.9 Å². The maximum absolute atomic E-state index is 11.7. The van der Waals surface area contributed by atoms with Crippen molar-refractivity contribution in [1.29, 1.82) is 0 Å². The molecular formula is C15H27N3O2. The number of esters is 1. The fraction of sp³-hybridized carbons (Fsp3) is 0.667. The number of hydrogen-bond donors (Lipinski definition) is 1. The molecule has 0 bridgehead atoms. The van der Waals surface area contributed by atoms with Crippen LogP contribution in [-0.2, 0) is 9.53 Å². The number of ether oxygens (including phenoxy) is 1. The van der Waals surface area contributed by atoms with E-state index >= 15 is 0 Å². The molecule has 114 valence electrons. The van der Waals surface area contributed by atoms with Gasteiger partial charge in [0, 0.05) is 44.7 Å². The molecule has 0 spiro atoms. The van der Waals surface area contributed by atoms with E-state index in [1.165, 1.54) is 7.11 Å². The summed E-state index contributed by atoms with van der Waals surface area (Å²) < 4.78 is 4.83. The smallest absolute Gasteiger partial charge is 0.335 e. The van der Waals surface area contributed by atoms with Gasteiger partial charge in [-0.15, -0.1) is 0 Å². The van der Waals surface area contributed by atoms with E-state index in [4.69, 9.17) is 4.74 Å². The number of methoxy groups -OCH3 is 1. The third kappa shape index (κ3) is 3.68. The standard InChI is InChI=1S/C13H21N3O2.C2H6/c1-10-4-5-14-9-11(13(17)18-3)8-12-15(2)6-7-16(10)12;1-2/h6-7,9-10,12,14H,4-5,8H2,1-3H3;1-2H3/b11-9+;.